The maximum absolute atomic E-state index is 12.7. The molecule has 0 fully saturated rings. The van der Waals surface area contributed by atoms with Crippen LogP contribution >= 0.6 is 0 Å². The molecular formula is C7H5F2N3O. The van der Waals surface area contributed by atoms with Gasteiger partial charge in [0.05, 0.1) is 0 Å². The van der Waals surface area contributed by atoms with E-state index in [9.17, 15) is 8.78 Å². The molecule has 0 saturated carbocycles. The summed E-state index contributed by atoms with van der Waals surface area (Å²) < 4.78 is 30.2. The van der Waals surface area contributed by atoms with Crippen LogP contribution in [0.1, 0.15) is 0 Å². The summed E-state index contributed by atoms with van der Waals surface area (Å²) in [6.07, 6.45) is 0. The van der Waals surface area contributed by atoms with E-state index in [2.05, 4.69) is 10.4 Å². The average Bonchev–Trinajstić information content (AvgIpc) is 2.48. The smallest absolute Gasteiger partial charge is 0.310 e. The number of fused-ring (bicyclic) bond motifs is 1. The summed E-state index contributed by atoms with van der Waals surface area (Å²) in [6.45, 7) is 0. The zero-order valence-electron chi connectivity index (χ0n) is 6.34. The molecule has 3 N–H and O–H groups in total. The van der Waals surface area contributed by atoms with Crippen molar-refractivity contribution in [2.75, 3.05) is 5.43 Å². The Kier molecular flexibility index (Phi) is 1.63. The van der Waals surface area contributed by atoms with Gasteiger partial charge in [0.2, 0.25) is 0 Å². The topological polar surface area (TPSA) is 64.1 Å². The third kappa shape index (κ3) is 1.20. The number of hydrazine groups is 1. The molecule has 4 nitrogen and oxygen atoms in total. The van der Waals surface area contributed by atoms with Gasteiger partial charge in [-0.2, -0.15) is 4.98 Å². The number of nitrogens with one attached hydrogen (secondary N) is 1. The van der Waals surface area contributed by atoms with Gasteiger partial charge in [-0.05, 0) is 0 Å². The number of nitrogens with zero attached hydrogens (tertiary/aromatic N) is 1. The fourth-order valence-electron chi connectivity index (χ4n) is 0.985. The van der Waals surface area contributed by atoms with E-state index in [-0.39, 0.29) is 17.1 Å². The van der Waals surface area contributed by atoms with Crippen molar-refractivity contribution in [3.8, 4) is 0 Å². The van der Waals surface area contributed by atoms with Gasteiger partial charge in [-0.3, -0.25) is 5.43 Å². The molecule has 0 aliphatic carbocycles. The Bertz CT molecular complexity index is 415. The van der Waals surface area contributed by atoms with E-state index in [1.807, 2.05) is 0 Å². The van der Waals surface area contributed by atoms with Crippen molar-refractivity contribution >= 4 is 17.1 Å². The van der Waals surface area contributed by atoms with Crippen LogP contribution in [0.15, 0.2) is 16.5 Å². The summed E-state index contributed by atoms with van der Waals surface area (Å²) in [6, 6.07) is 1.87. The number of hydrogen-bond donors (Lipinski definition) is 2. The van der Waals surface area contributed by atoms with Crippen LogP contribution in [-0.2, 0) is 0 Å². The number of halogens is 2. The van der Waals surface area contributed by atoms with Gasteiger partial charge in [0, 0.05) is 12.1 Å². The largest absolute Gasteiger partial charge is 0.423 e. The molecule has 0 bridgehead atoms. The van der Waals surface area contributed by atoms with Crippen LogP contribution in [0, 0.1) is 11.6 Å². The number of nitrogen functional groups attached to an aromatic ring is 1. The molecular weight excluding hydrogens is 180 g/mol. The maximum Gasteiger partial charge on any atom is 0.310 e. The lowest BCUT2D eigenvalue weighted by Gasteiger charge is -1.89. The van der Waals surface area contributed by atoms with Crippen LogP contribution in [-0.4, -0.2) is 4.98 Å². The molecule has 68 valence electrons. The zero-order chi connectivity index (χ0) is 9.42. The highest BCUT2D eigenvalue weighted by molar-refractivity contribution is 5.74. The molecule has 0 aliphatic rings. The Balaban J connectivity index is 2.70. The van der Waals surface area contributed by atoms with Gasteiger partial charge in [0.1, 0.15) is 5.52 Å². The quantitative estimate of drug-likeness (QED) is 0.520. The van der Waals surface area contributed by atoms with Gasteiger partial charge in [0.25, 0.3) is 0 Å². The fraction of sp³-hybridized carbons (Fsp3) is 0. The second-order valence-corrected chi connectivity index (χ2v) is 2.40. The Hall–Kier alpha value is -1.69. The van der Waals surface area contributed by atoms with E-state index < -0.39 is 11.6 Å². The van der Waals surface area contributed by atoms with Gasteiger partial charge < -0.3 is 4.42 Å². The lowest BCUT2D eigenvalue weighted by Crippen LogP contribution is -2.06. The second-order valence-electron chi connectivity index (χ2n) is 2.40. The van der Waals surface area contributed by atoms with Gasteiger partial charge in [-0.15, -0.1) is 0 Å². The number of hydrogen-bond acceptors (Lipinski definition) is 4. The predicted octanol–water partition coefficient (Wildman–Crippen LogP) is 1.39. The normalized spacial score (nSPS) is 10.7. The number of aromatic nitrogens is 1. The number of anilines is 1. The monoisotopic (exact) mass is 185 g/mol. The van der Waals surface area contributed by atoms with E-state index in [0.29, 0.717) is 0 Å². The highest BCUT2D eigenvalue weighted by Gasteiger charge is 2.09. The standard InChI is InChI=1S/C7H5F2N3O/c8-3-1-5-6(2-4(3)9)13-7(11-5)12-10/h1-2H,10H2,(H,11,12). The van der Waals surface area contributed by atoms with Gasteiger partial charge in [0.15, 0.2) is 17.2 Å². The van der Waals surface area contributed by atoms with Crippen molar-refractivity contribution in [1.29, 1.82) is 0 Å². The summed E-state index contributed by atoms with van der Waals surface area (Å²) in [5.41, 5.74) is 2.49. The van der Waals surface area contributed by atoms with Crippen LogP contribution < -0.4 is 11.3 Å². The molecule has 1 aromatic carbocycles. The maximum atomic E-state index is 12.7. The summed E-state index contributed by atoms with van der Waals surface area (Å²) >= 11 is 0. The van der Waals surface area contributed by atoms with Crippen molar-refractivity contribution in [2.45, 2.75) is 0 Å². The van der Waals surface area contributed by atoms with Crippen molar-refractivity contribution < 1.29 is 13.2 Å². The summed E-state index contributed by atoms with van der Waals surface area (Å²) in [5, 5.41) is 0. The first-order chi connectivity index (χ1) is 6.20. The van der Waals surface area contributed by atoms with Crippen LogP contribution in [0.4, 0.5) is 14.8 Å². The van der Waals surface area contributed by atoms with E-state index >= 15 is 0 Å². The third-order valence-electron chi connectivity index (χ3n) is 1.55. The first kappa shape index (κ1) is 7.93. The van der Waals surface area contributed by atoms with Crippen LogP contribution in [0.25, 0.3) is 11.1 Å². The summed E-state index contributed by atoms with van der Waals surface area (Å²) in [7, 11) is 0. The van der Waals surface area contributed by atoms with Crippen molar-refractivity contribution in [3.63, 3.8) is 0 Å². The Morgan fingerprint density at radius 2 is 2.00 bits per heavy atom. The minimum atomic E-state index is -0.979. The number of oxazole rings is 1. The lowest BCUT2D eigenvalue weighted by atomic mass is 10.3. The molecule has 2 aromatic rings. The van der Waals surface area contributed by atoms with E-state index in [4.69, 9.17) is 10.3 Å². The first-order valence-electron chi connectivity index (χ1n) is 3.43. The van der Waals surface area contributed by atoms with Crippen molar-refractivity contribution in [2.24, 2.45) is 5.84 Å². The van der Waals surface area contributed by atoms with Gasteiger partial charge >= 0.3 is 6.01 Å². The van der Waals surface area contributed by atoms with E-state index in [0.717, 1.165) is 12.1 Å². The molecule has 1 heterocycles. The van der Waals surface area contributed by atoms with Gasteiger partial charge in [-0.1, -0.05) is 0 Å². The number of nitrogens with two attached hydrogens (primary N) is 1. The molecule has 0 spiro atoms. The van der Waals surface area contributed by atoms with Gasteiger partial charge in [-0.25, -0.2) is 14.6 Å². The number of benzene rings is 1. The second kappa shape index (κ2) is 2.67. The minimum absolute atomic E-state index is 0.0139. The highest BCUT2D eigenvalue weighted by atomic mass is 19.2. The SMILES string of the molecule is NNc1nc2cc(F)c(F)cc2o1. The van der Waals surface area contributed by atoms with E-state index in [1.54, 1.807) is 0 Å². The lowest BCUT2D eigenvalue weighted by molar-refractivity contribution is 0.507. The Morgan fingerprint density at radius 3 is 2.69 bits per heavy atom. The third-order valence-corrected chi connectivity index (χ3v) is 1.55. The molecule has 0 amide bonds. The molecule has 0 atom stereocenters. The number of rotatable bonds is 1. The van der Waals surface area contributed by atoms with Crippen LogP contribution in [0.5, 0.6) is 0 Å². The molecule has 6 heteroatoms. The minimum Gasteiger partial charge on any atom is -0.423 e. The molecule has 1 aromatic heterocycles. The summed E-state index contributed by atoms with van der Waals surface area (Å²) in [5.74, 6) is 3.05. The zero-order valence-corrected chi connectivity index (χ0v) is 6.34. The average molecular weight is 185 g/mol. The van der Waals surface area contributed by atoms with Crippen molar-refractivity contribution in [1.82, 2.24) is 4.98 Å². The Morgan fingerprint density at radius 1 is 1.31 bits per heavy atom. The predicted molar refractivity (Wildman–Crippen MR) is 41.7 cm³/mol. The molecule has 0 radical (unpaired) electrons. The molecule has 2 rings (SSSR count). The first-order valence-corrected chi connectivity index (χ1v) is 3.43. The summed E-state index contributed by atoms with van der Waals surface area (Å²) in [4.78, 5) is 3.72. The van der Waals surface area contributed by atoms with E-state index in [1.165, 1.54) is 0 Å². The van der Waals surface area contributed by atoms with Crippen molar-refractivity contribution in [3.05, 3.63) is 23.8 Å². The molecule has 13 heavy (non-hydrogen) atoms. The fourth-order valence-corrected chi connectivity index (χ4v) is 0.985. The Labute approximate surface area is 71.3 Å². The highest BCUT2D eigenvalue weighted by Crippen LogP contribution is 2.20. The molecule has 0 unspecified atom stereocenters. The molecule has 0 aliphatic heterocycles. The van der Waals surface area contributed by atoms with Crippen LogP contribution in [0.2, 0.25) is 0 Å². The molecule has 0 saturated heterocycles. The van der Waals surface area contributed by atoms with Crippen LogP contribution in [0.3, 0.4) is 0 Å².